The second-order valence-electron chi connectivity index (χ2n) is 3.55. The van der Waals surface area contributed by atoms with Gasteiger partial charge in [0.05, 0.1) is 5.51 Å². The average molecular weight is 228 g/mol. The van der Waals surface area contributed by atoms with Crippen LogP contribution in [0.1, 0.15) is 37.1 Å². The van der Waals surface area contributed by atoms with Crippen LogP contribution in [-0.4, -0.2) is 25.2 Å². The van der Waals surface area contributed by atoms with Crippen LogP contribution in [0.25, 0.3) is 0 Å². The molecule has 1 N–H and O–H groups in total. The van der Waals surface area contributed by atoms with Crippen molar-refractivity contribution in [1.82, 2.24) is 10.3 Å². The number of rotatable bonds is 8. The summed E-state index contributed by atoms with van der Waals surface area (Å²) in [5.74, 6) is 0. The van der Waals surface area contributed by atoms with Gasteiger partial charge < -0.3 is 10.1 Å². The lowest BCUT2D eigenvalue weighted by Gasteiger charge is -2.16. The maximum absolute atomic E-state index is 5.07. The van der Waals surface area contributed by atoms with Gasteiger partial charge in [-0.1, -0.05) is 6.92 Å². The molecule has 1 atom stereocenters. The molecule has 0 aliphatic rings. The molecule has 0 spiro atoms. The molecule has 15 heavy (non-hydrogen) atoms. The van der Waals surface area contributed by atoms with Gasteiger partial charge in [0.25, 0.3) is 0 Å². The molecule has 0 radical (unpaired) electrons. The van der Waals surface area contributed by atoms with Crippen LogP contribution in [0.15, 0.2) is 11.7 Å². The summed E-state index contributed by atoms with van der Waals surface area (Å²) in [5.41, 5.74) is 1.90. The number of aromatic nitrogens is 1. The van der Waals surface area contributed by atoms with Crippen LogP contribution in [0.2, 0.25) is 0 Å². The van der Waals surface area contributed by atoms with Gasteiger partial charge in [-0.2, -0.15) is 0 Å². The minimum atomic E-state index is 0.451. The first kappa shape index (κ1) is 12.6. The molecule has 86 valence electrons. The van der Waals surface area contributed by atoms with E-state index in [0.717, 1.165) is 26.0 Å². The SMILES string of the molecule is CCCNC(CCCOC)c1cncs1. The van der Waals surface area contributed by atoms with E-state index in [2.05, 4.69) is 17.2 Å². The molecule has 1 aromatic heterocycles. The second kappa shape index (κ2) is 7.79. The van der Waals surface area contributed by atoms with Gasteiger partial charge in [-0.15, -0.1) is 11.3 Å². The van der Waals surface area contributed by atoms with Crippen molar-refractivity contribution in [3.8, 4) is 0 Å². The van der Waals surface area contributed by atoms with E-state index in [0.29, 0.717) is 6.04 Å². The number of hydrogen-bond donors (Lipinski definition) is 1. The Morgan fingerprint density at radius 1 is 1.60 bits per heavy atom. The highest BCUT2D eigenvalue weighted by atomic mass is 32.1. The van der Waals surface area contributed by atoms with E-state index < -0.39 is 0 Å². The number of nitrogens with one attached hydrogen (secondary N) is 1. The van der Waals surface area contributed by atoms with Gasteiger partial charge in [0, 0.05) is 30.8 Å². The van der Waals surface area contributed by atoms with Gasteiger partial charge in [-0.05, 0) is 25.8 Å². The lowest BCUT2D eigenvalue weighted by molar-refractivity contribution is 0.189. The molecule has 4 heteroatoms. The molecule has 1 aromatic rings. The molecule has 1 rings (SSSR count). The van der Waals surface area contributed by atoms with Crippen LogP contribution in [0.3, 0.4) is 0 Å². The minimum absolute atomic E-state index is 0.451. The normalized spacial score (nSPS) is 12.9. The summed E-state index contributed by atoms with van der Waals surface area (Å²) in [5, 5.41) is 3.55. The molecule has 0 fully saturated rings. The van der Waals surface area contributed by atoms with Crippen molar-refractivity contribution >= 4 is 11.3 Å². The first-order chi connectivity index (χ1) is 7.38. The van der Waals surface area contributed by atoms with Crippen molar-refractivity contribution in [2.24, 2.45) is 0 Å². The summed E-state index contributed by atoms with van der Waals surface area (Å²) in [6.07, 6.45) is 5.34. The van der Waals surface area contributed by atoms with Gasteiger partial charge >= 0.3 is 0 Å². The maximum Gasteiger partial charge on any atom is 0.0794 e. The van der Waals surface area contributed by atoms with Crippen LogP contribution in [0.4, 0.5) is 0 Å². The van der Waals surface area contributed by atoms with E-state index in [1.165, 1.54) is 11.3 Å². The van der Waals surface area contributed by atoms with Gasteiger partial charge in [0.2, 0.25) is 0 Å². The molecule has 0 aliphatic carbocycles. The van der Waals surface area contributed by atoms with E-state index in [4.69, 9.17) is 4.74 Å². The highest BCUT2D eigenvalue weighted by Gasteiger charge is 2.11. The average Bonchev–Trinajstić information content (AvgIpc) is 2.76. The molecule has 1 unspecified atom stereocenters. The highest BCUT2D eigenvalue weighted by Crippen LogP contribution is 2.21. The molecule has 0 bridgehead atoms. The molecule has 0 saturated carbocycles. The van der Waals surface area contributed by atoms with Crippen LogP contribution in [-0.2, 0) is 4.74 Å². The molecule has 0 aliphatic heterocycles. The Kier molecular flexibility index (Phi) is 6.55. The lowest BCUT2D eigenvalue weighted by atomic mass is 10.1. The Bertz CT molecular complexity index is 239. The Morgan fingerprint density at radius 2 is 2.47 bits per heavy atom. The van der Waals surface area contributed by atoms with E-state index in [1.54, 1.807) is 18.4 Å². The van der Waals surface area contributed by atoms with Crippen molar-refractivity contribution in [3.05, 3.63) is 16.6 Å². The summed E-state index contributed by atoms with van der Waals surface area (Å²) in [7, 11) is 1.75. The van der Waals surface area contributed by atoms with E-state index >= 15 is 0 Å². The first-order valence-corrected chi connectivity index (χ1v) is 6.37. The number of hydrogen-bond acceptors (Lipinski definition) is 4. The van der Waals surface area contributed by atoms with Crippen molar-refractivity contribution in [1.29, 1.82) is 0 Å². The molecule has 0 amide bonds. The molecular weight excluding hydrogens is 208 g/mol. The first-order valence-electron chi connectivity index (χ1n) is 5.49. The lowest BCUT2D eigenvalue weighted by Crippen LogP contribution is -2.21. The summed E-state index contributed by atoms with van der Waals surface area (Å²) >= 11 is 1.73. The zero-order chi connectivity index (χ0) is 10.9. The molecule has 3 nitrogen and oxygen atoms in total. The van der Waals surface area contributed by atoms with Crippen LogP contribution in [0, 0.1) is 0 Å². The number of nitrogens with zero attached hydrogens (tertiary/aromatic N) is 1. The highest BCUT2D eigenvalue weighted by molar-refractivity contribution is 7.09. The zero-order valence-corrected chi connectivity index (χ0v) is 10.3. The van der Waals surface area contributed by atoms with E-state index in [-0.39, 0.29) is 0 Å². The quantitative estimate of drug-likeness (QED) is 0.694. The smallest absolute Gasteiger partial charge is 0.0794 e. The zero-order valence-electron chi connectivity index (χ0n) is 9.53. The summed E-state index contributed by atoms with van der Waals surface area (Å²) in [6.45, 7) is 4.09. The predicted molar refractivity (Wildman–Crippen MR) is 64.3 cm³/mol. The van der Waals surface area contributed by atoms with E-state index in [1.807, 2.05) is 11.7 Å². The van der Waals surface area contributed by atoms with Gasteiger partial charge in [-0.25, -0.2) is 0 Å². The van der Waals surface area contributed by atoms with E-state index in [9.17, 15) is 0 Å². The Labute approximate surface area is 95.9 Å². The maximum atomic E-state index is 5.07. The van der Waals surface area contributed by atoms with Crippen molar-refractivity contribution in [3.63, 3.8) is 0 Å². The van der Waals surface area contributed by atoms with Gasteiger partial charge in [-0.3, -0.25) is 4.98 Å². The van der Waals surface area contributed by atoms with Crippen LogP contribution in [0.5, 0.6) is 0 Å². The van der Waals surface area contributed by atoms with Crippen molar-refractivity contribution < 1.29 is 4.74 Å². The number of ether oxygens (including phenoxy) is 1. The number of methoxy groups -OCH3 is 1. The van der Waals surface area contributed by atoms with Crippen LogP contribution < -0.4 is 5.32 Å². The van der Waals surface area contributed by atoms with Gasteiger partial charge in [0.15, 0.2) is 0 Å². The molecule has 1 heterocycles. The Hall–Kier alpha value is -0.450. The number of thiazole rings is 1. The minimum Gasteiger partial charge on any atom is -0.385 e. The second-order valence-corrected chi connectivity index (χ2v) is 4.46. The third-order valence-electron chi connectivity index (χ3n) is 2.28. The predicted octanol–water partition coefficient (Wildman–Crippen LogP) is 2.61. The van der Waals surface area contributed by atoms with Crippen molar-refractivity contribution in [2.75, 3.05) is 20.3 Å². The van der Waals surface area contributed by atoms with Crippen molar-refractivity contribution in [2.45, 2.75) is 32.2 Å². The van der Waals surface area contributed by atoms with Crippen LogP contribution >= 0.6 is 11.3 Å². The fraction of sp³-hybridized carbons (Fsp3) is 0.727. The van der Waals surface area contributed by atoms with Gasteiger partial charge in [0.1, 0.15) is 0 Å². The standard InChI is InChI=1S/C11H20N2OS/c1-3-6-13-10(5-4-7-14-2)11-8-12-9-15-11/h8-10,13H,3-7H2,1-2H3. The largest absolute Gasteiger partial charge is 0.385 e. The molecule has 0 saturated heterocycles. The summed E-state index contributed by atoms with van der Waals surface area (Å²) < 4.78 is 5.07. The fourth-order valence-electron chi connectivity index (χ4n) is 1.49. The summed E-state index contributed by atoms with van der Waals surface area (Å²) in [6, 6.07) is 0.451. The topological polar surface area (TPSA) is 34.1 Å². The monoisotopic (exact) mass is 228 g/mol. The third-order valence-corrected chi connectivity index (χ3v) is 3.17. The fourth-order valence-corrected chi connectivity index (χ4v) is 2.22. The molecular formula is C11H20N2OS. The third kappa shape index (κ3) is 4.73. The summed E-state index contributed by atoms with van der Waals surface area (Å²) in [4.78, 5) is 5.46. The Morgan fingerprint density at radius 3 is 3.07 bits per heavy atom. The molecule has 0 aromatic carbocycles. The Balaban J connectivity index is 2.39.